The van der Waals surface area contributed by atoms with E-state index in [1.54, 1.807) is 31.2 Å². The largest absolute Gasteiger partial charge is 0.281 e. The maximum atomic E-state index is 12.5. The van der Waals surface area contributed by atoms with Gasteiger partial charge in [0, 0.05) is 10.9 Å². The van der Waals surface area contributed by atoms with Gasteiger partial charge in [0.05, 0.1) is 23.2 Å². The van der Waals surface area contributed by atoms with E-state index < -0.39 is 11.8 Å². The van der Waals surface area contributed by atoms with E-state index in [4.69, 9.17) is 0 Å². The number of nitrogens with zero attached hydrogens (tertiary/aromatic N) is 2. The van der Waals surface area contributed by atoms with E-state index in [0.717, 1.165) is 10.6 Å². The van der Waals surface area contributed by atoms with Crippen LogP contribution < -0.4 is 16.4 Å². The molecule has 0 saturated carbocycles. The lowest BCUT2D eigenvalue weighted by molar-refractivity contribution is -0.121. The summed E-state index contributed by atoms with van der Waals surface area (Å²) in [5, 5.41) is 8.12. The van der Waals surface area contributed by atoms with Crippen molar-refractivity contribution in [2.75, 3.05) is 0 Å². The minimum absolute atomic E-state index is 0.103. The normalized spacial score (nSPS) is 10.7. The number of hydrogen-bond acceptors (Lipinski definition) is 6. The van der Waals surface area contributed by atoms with E-state index in [9.17, 15) is 14.4 Å². The summed E-state index contributed by atoms with van der Waals surface area (Å²) in [6.07, 6.45) is -0.103. The van der Waals surface area contributed by atoms with Crippen LogP contribution in [0.1, 0.15) is 21.1 Å². The second-order valence-corrected chi connectivity index (χ2v) is 7.52. The van der Waals surface area contributed by atoms with Crippen molar-refractivity contribution in [3.63, 3.8) is 0 Å². The Morgan fingerprint density at radius 1 is 1.00 bits per heavy atom. The first-order chi connectivity index (χ1) is 14.5. The van der Waals surface area contributed by atoms with Gasteiger partial charge in [0.1, 0.15) is 9.88 Å². The minimum atomic E-state index is -0.460. The Kier molecular flexibility index (Phi) is 5.36. The molecule has 3 N–H and O–H groups in total. The molecule has 2 amide bonds. The lowest BCUT2D eigenvalue weighted by atomic mass is 10.1. The number of fused-ring (bicyclic) bond motifs is 1. The van der Waals surface area contributed by atoms with E-state index in [1.165, 1.54) is 11.3 Å². The second-order valence-electron chi connectivity index (χ2n) is 6.52. The van der Waals surface area contributed by atoms with Gasteiger partial charge in [0.2, 0.25) is 5.91 Å². The number of carbonyl (C=O) groups excluding carboxylic acids is 2. The number of aromatic nitrogens is 3. The van der Waals surface area contributed by atoms with Gasteiger partial charge in [-0.1, -0.05) is 48.5 Å². The van der Waals surface area contributed by atoms with E-state index in [-0.39, 0.29) is 12.0 Å². The number of H-pyrrole nitrogens is 1. The fraction of sp³-hybridized carbons (Fsp3) is 0.0952. The number of rotatable bonds is 4. The van der Waals surface area contributed by atoms with Crippen LogP contribution in [0.3, 0.4) is 0 Å². The second kappa shape index (κ2) is 8.26. The van der Waals surface area contributed by atoms with Crippen molar-refractivity contribution in [1.29, 1.82) is 0 Å². The van der Waals surface area contributed by atoms with Crippen molar-refractivity contribution in [2.24, 2.45) is 0 Å². The van der Waals surface area contributed by atoms with Gasteiger partial charge in [-0.05, 0) is 13.0 Å². The summed E-state index contributed by atoms with van der Waals surface area (Å²) in [6, 6.07) is 16.5. The molecule has 4 rings (SSSR count). The van der Waals surface area contributed by atoms with Crippen LogP contribution in [0.15, 0.2) is 59.4 Å². The van der Waals surface area contributed by atoms with Gasteiger partial charge in [-0.25, -0.2) is 10.1 Å². The predicted octanol–water partition coefficient (Wildman–Crippen LogP) is 2.36. The van der Waals surface area contributed by atoms with Crippen LogP contribution in [0.25, 0.3) is 21.3 Å². The number of carbonyl (C=O) groups is 2. The molecule has 0 radical (unpaired) electrons. The summed E-state index contributed by atoms with van der Waals surface area (Å²) >= 11 is 1.25. The Balaban J connectivity index is 1.44. The fourth-order valence-corrected chi connectivity index (χ4v) is 3.96. The number of nitrogens with one attached hydrogen (secondary N) is 3. The molecule has 0 bridgehead atoms. The molecule has 30 heavy (non-hydrogen) atoms. The number of aromatic amines is 1. The summed E-state index contributed by atoms with van der Waals surface area (Å²) in [4.78, 5) is 41.5. The zero-order valence-electron chi connectivity index (χ0n) is 15.9. The monoisotopic (exact) mass is 419 g/mol. The van der Waals surface area contributed by atoms with Gasteiger partial charge in [-0.15, -0.1) is 11.3 Å². The lowest BCUT2D eigenvalue weighted by Gasteiger charge is -2.07. The molecule has 150 valence electrons. The van der Waals surface area contributed by atoms with Gasteiger partial charge in [-0.2, -0.15) is 5.10 Å². The molecule has 0 unspecified atom stereocenters. The smallest absolute Gasteiger partial charge is 0.273 e. The van der Waals surface area contributed by atoms with Crippen molar-refractivity contribution in [1.82, 2.24) is 26.0 Å². The Hall–Kier alpha value is -3.85. The molecule has 2 aromatic carbocycles. The first-order valence-corrected chi connectivity index (χ1v) is 9.93. The number of thiazole rings is 1. The van der Waals surface area contributed by atoms with Gasteiger partial charge in [-0.3, -0.25) is 25.2 Å². The number of amides is 2. The highest BCUT2D eigenvalue weighted by molar-refractivity contribution is 7.17. The molecule has 4 aromatic rings. The zero-order chi connectivity index (χ0) is 21.1. The van der Waals surface area contributed by atoms with Crippen LogP contribution in [0, 0.1) is 6.92 Å². The van der Waals surface area contributed by atoms with Gasteiger partial charge >= 0.3 is 0 Å². The standard InChI is InChI=1S/C21H17N5O3S/c1-12-18(30-21(22-12)13-7-3-2-4-8-13)20(29)26-24-17(27)11-16-14-9-5-6-10-15(14)19(28)25-23-16/h2-10H,11H2,1H3,(H,24,27)(H,25,28)(H,26,29). The highest BCUT2D eigenvalue weighted by Gasteiger charge is 2.17. The Labute approximate surface area is 175 Å². The molecule has 0 atom stereocenters. The van der Waals surface area contributed by atoms with Crippen molar-refractivity contribution >= 4 is 33.9 Å². The van der Waals surface area contributed by atoms with Crippen LogP contribution in [-0.4, -0.2) is 27.0 Å². The quantitative estimate of drug-likeness (QED) is 0.439. The van der Waals surface area contributed by atoms with E-state index >= 15 is 0 Å². The molecule has 0 saturated heterocycles. The Morgan fingerprint density at radius 2 is 1.70 bits per heavy atom. The van der Waals surface area contributed by atoms with E-state index in [1.807, 2.05) is 30.3 Å². The van der Waals surface area contributed by atoms with Crippen molar-refractivity contribution in [3.8, 4) is 10.6 Å². The highest BCUT2D eigenvalue weighted by atomic mass is 32.1. The average Bonchev–Trinajstić information content (AvgIpc) is 3.16. The molecule has 0 fully saturated rings. The molecule has 0 aliphatic carbocycles. The highest BCUT2D eigenvalue weighted by Crippen LogP contribution is 2.27. The Bertz CT molecular complexity index is 1300. The average molecular weight is 419 g/mol. The predicted molar refractivity (Wildman–Crippen MR) is 114 cm³/mol. The lowest BCUT2D eigenvalue weighted by Crippen LogP contribution is -2.42. The van der Waals surface area contributed by atoms with E-state index in [2.05, 4.69) is 26.0 Å². The van der Waals surface area contributed by atoms with Crippen LogP contribution in [0.5, 0.6) is 0 Å². The summed E-state index contributed by atoms with van der Waals surface area (Å²) in [5.41, 5.74) is 6.41. The summed E-state index contributed by atoms with van der Waals surface area (Å²) < 4.78 is 0. The van der Waals surface area contributed by atoms with Crippen LogP contribution in [0.2, 0.25) is 0 Å². The third-order valence-electron chi connectivity index (χ3n) is 4.44. The minimum Gasteiger partial charge on any atom is -0.273 e. The topological polar surface area (TPSA) is 117 Å². The SMILES string of the molecule is Cc1nc(-c2ccccc2)sc1C(=O)NNC(=O)Cc1n[nH]c(=O)c2ccccc12. The molecule has 0 spiro atoms. The van der Waals surface area contributed by atoms with Crippen LogP contribution >= 0.6 is 11.3 Å². The summed E-state index contributed by atoms with van der Waals surface area (Å²) in [6.45, 7) is 1.75. The molecule has 2 heterocycles. The molecular weight excluding hydrogens is 402 g/mol. The fourth-order valence-electron chi connectivity index (χ4n) is 3.00. The third kappa shape index (κ3) is 3.96. The molecule has 0 aliphatic heterocycles. The molecule has 0 aliphatic rings. The summed E-state index contributed by atoms with van der Waals surface area (Å²) in [7, 11) is 0. The molecule has 8 nitrogen and oxygen atoms in total. The zero-order valence-corrected chi connectivity index (χ0v) is 16.7. The first kappa shape index (κ1) is 19.5. The molecule has 2 aromatic heterocycles. The number of hydrazine groups is 1. The third-order valence-corrected chi connectivity index (χ3v) is 5.65. The maximum absolute atomic E-state index is 12.5. The van der Waals surface area contributed by atoms with Gasteiger partial charge in [0.25, 0.3) is 11.5 Å². The van der Waals surface area contributed by atoms with Crippen molar-refractivity contribution in [3.05, 3.63) is 81.2 Å². The van der Waals surface area contributed by atoms with Crippen molar-refractivity contribution < 1.29 is 9.59 Å². The van der Waals surface area contributed by atoms with Crippen molar-refractivity contribution in [2.45, 2.75) is 13.3 Å². The van der Waals surface area contributed by atoms with E-state index in [0.29, 0.717) is 27.0 Å². The van der Waals surface area contributed by atoms with Gasteiger partial charge in [0.15, 0.2) is 0 Å². The summed E-state index contributed by atoms with van der Waals surface area (Å²) in [5.74, 6) is -0.904. The number of benzene rings is 2. The molecule has 9 heteroatoms. The first-order valence-electron chi connectivity index (χ1n) is 9.11. The Morgan fingerprint density at radius 3 is 2.47 bits per heavy atom. The maximum Gasteiger partial charge on any atom is 0.281 e. The molecular formula is C21H17N5O3S. The number of hydrogen-bond donors (Lipinski definition) is 3. The van der Waals surface area contributed by atoms with Crippen LogP contribution in [-0.2, 0) is 11.2 Å². The van der Waals surface area contributed by atoms with Crippen LogP contribution in [0.4, 0.5) is 0 Å². The van der Waals surface area contributed by atoms with Gasteiger partial charge < -0.3 is 0 Å². The number of aryl methyl sites for hydroxylation is 1.